The molecule has 106 valence electrons. The largest absolute Gasteiger partial charge is 0.478 e. The molecule has 0 bridgehead atoms. The van der Waals surface area contributed by atoms with Crippen LogP contribution in [0.1, 0.15) is 26.2 Å². The molecule has 5 nitrogen and oxygen atoms in total. The minimum absolute atomic E-state index is 0.630. The number of likely N-dealkylation sites (tertiary alicyclic amines) is 1. The topological polar surface area (TPSA) is 50.3 Å². The molecule has 19 heavy (non-hydrogen) atoms. The average molecular weight is 264 g/mol. The number of ether oxygens (including phenoxy) is 1. The first kappa shape index (κ1) is 14.1. The van der Waals surface area contributed by atoms with Crippen LogP contribution in [0, 0.1) is 5.92 Å². The Morgan fingerprint density at radius 1 is 1.53 bits per heavy atom. The Labute approximate surface area is 115 Å². The molecule has 0 unspecified atom stereocenters. The molecule has 0 spiro atoms. The van der Waals surface area contributed by atoms with Crippen LogP contribution in [0.3, 0.4) is 0 Å². The summed E-state index contributed by atoms with van der Waals surface area (Å²) in [4.78, 5) is 10.9. The summed E-state index contributed by atoms with van der Waals surface area (Å²) in [6.07, 6.45) is 5.56. The van der Waals surface area contributed by atoms with Gasteiger partial charge >= 0.3 is 0 Å². The lowest BCUT2D eigenvalue weighted by atomic mass is 9.95. The lowest BCUT2D eigenvalue weighted by Crippen LogP contribution is -2.32. The van der Waals surface area contributed by atoms with E-state index in [0.717, 1.165) is 12.5 Å². The SMILES string of the molecule is CCOc1ccnc(NCC[C@H]2CCCN(C)C2)n1. The highest BCUT2D eigenvalue weighted by Crippen LogP contribution is 2.18. The van der Waals surface area contributed by atoms with E-state index in [1.54, 1.807) is 12.3 Å². The second-order valence-electron chi connectivity index (χ2n) is 5.14. The van der Waals surface area contributed by atoms with Crippen molar-refractivity contribution in [3.63, 3.8) is 0 Å². The molecule has 0 radical (unpaired) electrons. The van der Waals surface area contributed by atoms with Crippen molar-refractivity contribution in [2.45, 2.75) is 26.2 Å². The molecule has 1 aromatic rings. The average Bonchev–Trinajstić information content (AvgIpc) is 2.40. The Hall–Kier alpha value is -1.36. The van der Waals surface area contributed by atoms with E-state index in [1.165, 1.54) is 32.4 Å². The van der Waals surface area contributed by atoms with Gasteiger partial charge < -0.3 is 15.0 Å². The molecule has 2 heterocycles. The molecule has 2 rings (SSSR count). The summed E-state index contributed by atoms with van der Waals surface area (Å²) in [5.74, 6) is 2.09. The fourth-order valence-corrected chi connectivity index (χ4v) is 2.55. The van der Waals surface area contributed by atoms with Crippen LogP contribution in [-0.4, -0.2) is 48.2 Å². The van der Waals surface area contributed by atoms with Gasteiger partial charge in [-0.2, -0.15) is 4.98 Å². The highest BCUT2D eigenvalue weighted by Gasteiger charge is 2.16. The summed E-state index contributed by atoms with van der Waals surface area (Å²) in [6, 6.07) is 1.78. The van der Waals surface area contributed by atoms with Gasteiger partial charge in [0.1, 0.15) is 0 Å². The van der Waals surface area contributed by atoms with Gasteiger partial charge in [0.15, 0.2) is 0 Å². The van der Waals surface area contributed by atoms with Crippen LogP contribution in [0.2, 0.25) is 0 Å². The van der Waals surface area contributed by atoms with Gasteiger partial charge in [-0.05, 0) is 45.7 Å². The molecule has 1 aromatic heterocycles. The van der Waals surface area contributed by atoms with Gasteiger partial charge in [0, 0.05) is 25.4 Å². The highest BCUT2D eigenvalue weighted by molar-refractivity contribution is 5.27. The molecule has 1 N–H and O–H groups in total. The van der Waals surface area contributed by atoms with Crippen molar-refractivity contribution in [1.82, 2.24) is 14.9 Å². The van der Waals surface area contributed by atoms with E-state index in [4.69, 9.17) is 4.74 Å². The lowest BCUT2D eigenvalue weighted by Gasteiger charge is -2.29. The molecule has 0 amide bonds. The van der Waals surface area contributed by atoms with Crippen LogP contribution >= 0.6 is 0 Å². The third kappa shape index (κ3) is 4.67. The molecule has 1 aliphatic heterocycles. The van der Waals surface area contributed by atoms with E-state index in [1.807, 2.05) is 6.92 Å². The van der Waals surface area contributed by atoms with Crippen LogP contribution in [0.4, 0.5) is 5.95 Å². The minimum atomic E-state index is 0.630. The van der Waals surface area contributed by atoms with Gasteiger partial charge in [-0.3, -0.25) is 0 Å². The summed E-state index contributed by atoms with van der Waals surface area (Å²) in [5, 5.41) is 3.28. The van der Waals surface area contributed by atoms with Crippen LogP contribution in [-0.2, 0) is 0 Å². The Morgan fingerprint density at radius 3 is 3.21 bits per heavy atom. The summed E-state index contributed by atoms with van der Waals surface area (Å²) in [5.41, 5.74) is 0. The van der Waals surface area contributed by atoms with E-state index in [-0.39, 0.29) is 0 Å². The predicted molar refractivity (Wildman–Crippen MR) is 76.5 cm³/mol. The second kappa shape index (κ2) is 7.28. The van der Waals surface area contributed by atoms with Gasteiger partial charge in [0.25, 0.3) is 0 Å². The Balaban J connectivity index is 1.74. The van der Waals surface area contributed by atoms with Crippen molar-refractivity contribution in [2.75, 3.05) is 38.6 Å². The van der Waals surface area contributed by atoms with E-state index < -0.39 is 0 Å². The maximum Gasteiger partial charge on any atom is 0.225 e. The van der Waals surface area contributed by atoms with Gasteiger partial charge in [-0.25, -0.2) is 4.98 Å². The highest BCUT2D eigenvalue weighted by atomic mass is 16.5. The number of hydrogen-bond acceptors (Lipinski definition) is 5. The standard InChI is InChI=1S/C14H24N4O/c1-3-19-13-7-9-16-14(17-13)15-8-6-12-5-4-10-18(2)11-12/h7,9,12H,3-6,8,10-11H2,1-2H3,(H,15,16,17)/t12-/m1/s1. The number of rotatable bonds is 6. The minimum Gasteiger partial charge on any atom is -0.478 e. The van der Waals surface area contributed by atoms with Crippen molar-refractivity contribution in [2.24, 2.45) is 5.92 Å². The van der Waals surface area contributed by atoms with Gasteiger partial charge in [-0.15, -0.1) is 0 Å². The summed E-state index contributed by atoms with van der Waals surface area (Å²) >= 11 is 0. The van der Waals surface area contributed by atoms with E-state index >= 15 is 0 Å². The van der Waals surface area contributed by atoms with E-state index in [9.17, 15) is 0 Å². The molecule has 1 fully saturated rings. The summed E-state index contributed by atoms with van der Waals surface area (Å²) in [7, 11) is 2.20. The van der Waals surface area contributed by atoms with Crippen molar-refractivity contribution < 1.29 is 4.74 Å². The van der Waals surface area contributed by atoms with E-state index in [2.05, 4.69) is 27.2 Å². The second-order valence-corrected chi connectivity index (χ2v) is 5.14. The first-order valence-corrected chi connectivity index (χ1v) is 7.16. The maximum absolute atomic E-state index is 5.36. The van der Waals surface area contributed by atoms with Crippen LogP contribution in [0.15, 0.2) is 12.3 Å². The van der Waals surface area contributed by atoms with Crippen molar-refractivity contribution in [3.05, 3.63) is 12.3 Å². The number of nitrogens with zero attached hydrogens (tertiary/aromatic N) is 3. The quantitative estimate of drug-likeness (QED) is 0.852. The van der Waals surface area contributed by atoms with Crippen molar-refractivity contribution in [3.8, 4) is 5.88 Å². The van der Waals surface area contributed by atoms with Crippen LogP contribution in [0.25, 0.3) is 0 Å². The first-order chi connectivity index (χ1) is 9.28. The number of piperidine rings is 1. The Morgan fingerprint density at radius 2 is 2.42 bits per heavy atom. The molecule has 1 saturated heterocycles. The number of aromatic nitrogens is 2. The zero-order valence-electron chi connectivity index (χ0n) is 11.9. The monoisotopic (exact) mass is 264 g/mol. The maximum atomic E-state index is 5.36. The Bertz CT molecular complexity index is 385. The third-order valence-corrected chi connectivity index (χ3v) is 3.48. The molecule has 0 saturated carbocycles. The lowest BCUT2D eigenvalue weighted by molar-refractivity contribution is 0.205. The van der Waals surface area contributed by atoms with E-state index in [0.29, 0.717) is 18.4 Å². The smallest absolute Gasteiger partial charge is 0.225 e. The van der Waals surface area contributed by atoms with Gasteiger partial charge in [-0.1, -0.05) is 0 Å². The number of hydrogen-bond donors (Lipinski definition) is 1. The molecular formula is C14H24N4O. The molecule has 0 aromatic carbocycles. The zero-order valence-corrected chi connectivity index (χ0v) is 11.9. The fraction of sp³-hybridized carbons (Fsp3) is 0.714. The molecule has 0 aliphatic carbocycles. The predicted octanol–water partition coefficient (Wildman–Crippen LogP) is 2.02. The molecular weight excluding hydrogens is 240 g/mol. The molecule has 5 heteroatoms. The third-order valence-electron chi connectivity index (χ3n) is 3.48. The Kier molecular flexibility index (Phi) is 5.39. The molecule has 1 atom stereocenters. The first-order valence-electron chi connectivity index (χ1n) is 7.16. The summed E-state index contributed by atoms with van der Waals surface area (Å²) in [6.45, 7) is 5.96. The van der Waals surface area contributed by atoms with Crippen LogP contribution in [0.5, 0.6) is 5.88 Å². The normalized spacial score (nSPS) is 20.2. The van der Waals surface area contributed by atoms with Gasteiger partial charge in [0.2, 0.25) is 11.8 Å². The molecule has 1 aliphatic rings. The fourth-order valence-electron chi connectivity index (χ4n) is 2.55. The van der Waals surface area contributed by atoms with Gasteiger partial charge in [0.05, 0.1) is 6.61 Å². The zero-order chi connectivity index (χ0) is 13.5. The number of nitrogens with one attached hydrogen (secondary N) is 1. The van der Waals surface area contributed by atoms with Crippen molar-refractivity contribution in [1.29, 1.82) is 0 Å². The van der Waals surface area contributed by atoms with Crippen molar-refractivity contribution >= 4 is 5.95 Å². The van der Waals surface area contributed by atoms with Crippen LogP contribution < -0.4 is 10.1 Å². The number of anilines is 1. The summed E-state index contributed by atoms with van der Waals surface area (Å²) < 4.78 is 5.36.